The van der Waals surface area contributed by atoms with Crippen LogP contribution >= 0.6 is 0 Å². The van der Waals surface area contributed by atoms with Crippen LogP contribution < -0.4 is 9.47 Å². The lowest BCUT2D eigenvalue weighted by molar-refractivity contribution is 0.194. The van der Waals surface area contributed by atoms with Gasteiger partial charge in [-0.05, 0) is 43.7 Å². The predicted octanol–water partition coefficient (Wildman–Crippen LogP) is 4.46. The number of aliphatic hydroxyl groups is 1. The number of halogens is 1. The first-order chi connectivity index (χ1) is 10.1. The normalized spacial score (nSPS) is 12.0. The van der Waals surface area contributed by atoms with Crippen molar-refractivity contribution in [2.45, 2.75) is 26.4 Å². The van der Waals surface area contributed by atoms with E-state index in [1.165, 1.54) is 18.2 Å². The van der Waals surface area contributed by atoms with Crippen LogP contribution in [0.3, 0.4) is 0 Å². The van der Waals surface area contributed by atoms with E-state index in [1.807, 2.05) is 25.1 Å². The molecule has 3 nitrogen and oxygen atoms in total. The zero-order valence-electron chi connectivity index (χ0n) is 12.2. The smallest absolute Gasteiger partial charge is 0.169 e. The number of para-hydroxylation sites is 2. The molecular weight excluding hydrogens is 271 g/mol. The third-order valence-electron chi connectivity index (χ3n) is 2.95. The highest BCUT2D eigenvalue weighted by molar-refractivity contribution is 5.45. The van der Waals surface area contributed by atoms with Crippen LogP contribution in [0.4, 0.5) is 4.39 Å². The van der Waals surface area contributed by atoms with Gasteiger partial charge in [-0.2, -0.15) is 0 Å². The quantitative estimate of drug-likeness (QED) is 0.853. The summed E-state index contributed by atoms with van der Waals surface area (Å²) in [6.07, 6.45) is 0.0727. The molecule has 0 aliphatic rings. The van der Waals surface area contributed by atoms with Crippen molar-refractivity contribution in [2.75, 3.05) is 6.61 Å². The summed E-state index contributed by atoms with van der Waals surface area (Å²) in [5.74, 6) is 1.17. The maximum atomic E-state index is 13.3. The number of ether oxygens (including phenoxy) is 2. The first-order valence-corrected chi connectivity index (χ1v) is 6.99. The Hall–Kier alpha value is -2.07. The van der Waals surface area contributed by atoms with E-state index in [1.54, 1.807) is 13.0 Å². The van der Waals surface area contributed by atoms with Gasteiger partial charge >= 0.3 is 0 Å². The lowest BCUT2D eigenvalue weighted by Gasteiger charge is -2.15. The van der Waals surface area contributed by atoms with Crippen molar-refractivity contribution in [3.05, 3.63) is 53.8 Å². The molecule has 0 radical (unpaired) electrons. The van der Waals surface area contributed by atoms with Crippen LogP contribution in [0, 0.1) is 5.82 Å². The molecular formula is C17H19FO3. The van der Waals surface area contributed by atoms with E-state index in [0.29, 0.717) is 29.4 Å². The zero-order valence-corrected chi connectivity index (χ0v) is 12.2. The minimum Gasteiger partial charge on any atom is -0.490 e. The molecule has 0 unspecified atom stereocenters. The van der Waals surface area contributed by atoms with E-state index in [2.05, 4.69) is 0 Å². The van der Waals surface area contributed by atoms with Crippen molar-refractivity contribution in [1.82, 2.24) is 0 Å². The third-order valence-corrected chi connectivity index (χ3v) is 2.95. The summed E-state index contributed by atoms with van der Waals surface area (Å²) in [7, 11) is 0. The Morgan fingerprint density at radius 1 is 1.10 bits per heavy atom. The maximum absolute atomic E-state index is 13.3. The zero-order chi connectivity index (χ0) is 15.2. The summed E-state index contributed by atoms with van der Waals surface area (Å²) in [5, 5.41) is 9.74. The summed E-state index contributed by atoms with van der Waals surface area (Å²) in [6.45, 7) is 4.18. The van der Waals surface area contributed by atoms with Crippen LogP contribution in [-0.2, 0) is 0 Å². The van der Waals surface area contributed by atoms with Gasteiger partial charge in [-0.15, -0.1) is 0 Å². The number of hydrogen-bond donors (Lipinski definition) is 1. The topological polar surface area (TPSA) is 38.7 Å². The van der Waals surface area contributed by atoms with Crippen LogP contribution in [0.2, 0.25) is 0 Å². The van der Waals surface area contributed by atoms with Gasteiger partial charge in [-0.1, -0.05) is 19.1 Å². The van der Waals surface area contributed by atoms with Crippen molar-refractivity contribution in [1.29, 1.82) is 0 Å². The molecule has 0 aromatic heterocycles. The molecule has 0 amide bonds. The van der Waals surface area contributed by atoms with Gasteiger partial charge < -0.3 is 14.6 Å². The Bertz CT molecular complexity index is 596. The predicted molar refractivity (Wildman–Crippen MR) is 79.3 cm³/mol. The van der Waals surface area contributed by atoms with Crippen LogP contribution in [0.15, 0.2) is 42.5 Å². The molecule has 21 heavy (non-hydrogen) atoms. The molecule has 0 aliphatic heterocycles. The molecule has 0 spiro atoms. The van der Waals surface area contributed by atoms with E-state index in [0.717, 1.165) is 6.42 Å². The molecule has 0 saturated carbocycles. The van der Waals surface area contributed by atoms with Gasteiger partial charge in [0.2, 0.25) is 0 Å². The van der Waals surface area contributed by atoms with E-state index >= 15 is 0 Å². The molecule has 0 saturated heterocycles. The second-order valence-corrected chi connectivity index (χ2v) is 4.76. The van der Waals surface area contributed by atoms with Crippen LogP contribution in [0.1, 0.15) is 31.9 Å². The van der Waals surface area contributed by atoms with Crippen LogP contribution in [0.25, 0.3) is 0 Å². The van der Waals surface area contributed by atoms with Crippen molar-refractivity contribution in [3.63, 3.8) is 0 Å². The summed E-state index contributed by atoms with van der Waals surface area (Å²) in [6, 6.07) is 11.4. The molecule has 4 heteroatoms. The van der Waals surface area contributed by atoms with Crippen LogP contribution in [-0.4, -0.2) is 11.7 Å². The molecule has 2 aromatic rings. The fourth-order valence-corrected chi connectivity index (χ4v) is 1.92. The molecule has 112 valence electrons. The Labute approximate surface area is 124 Å². The number of hydrogen-bond acceptors (Lipinski definition) is 3. The molecule has 0 aliphatic carbocycles. The molecule has 0 bridgehead atoms. The number of benzene rings is 2. The van der Waals surface area contributed by atoms with Gasteiger partial charge in [0.15, 0.2) is 11.5 Å². The molecule has 2 rings (SSSR count). The van der Waals surface area contributed by atoms with Crippen LogP contribution in [0.5, 0.6) is 17.2 Å². The lowest BCUT2D eigenvalue weighted by Crippen LogP contribution is -2.00. The first kappa shape index (κ1) is 15.3. The van der Waals surface area contributed by atoms with Gasteiger partial charge in [0, 0.05) is 5.56 Å². The fraction of sp³-hybridized carbons (Fsp3) is 0.294. The Balaban J connectivity index is 2.30. The first-order valence-electron chi connectivity index (χ1n) is 6.99. The Morgan fingerprint density at radius 2 is 1.81 bits per heavy atom. The SMILES string of the molecule is CCCOc1ccccc1Oc1ccc(F)cc1[C@@H](C)O. The van der Waals surface area contributed by atoms with Gasteiger partial charge in [-0.3, -0.25) is 0 Å². The van der Waals surface area contributed by atoms with Gasteiger partial charge in [0.1, 0.15) is 11.6 Å². The largest absolute Gasteiger partial charge is 0.490 e. The van der Waals surface area contributed by atoms with Crippen molar-refractivity contribution in [2.24, 2.45) is 0 Å². The molecule has 2 aromatic carbocycles. The van der Waals surface area contributed by atoms with E-state index < -0.39 is 11.9 Å². The summed E-state index contributed by atoms with van der Waals surface area (Å²) < 4.78 is 24.7. The summed E-state index contributed by atoms with van der Waals surface area (Å²) in [5.41, 5.74) is 0.403. The highest BCUT2D eigenvalue weighted by Gasteiger charge is 2.13. The standard InChI is InChI=1S/C17H19FO3/c1-3-10-20-16-6-4-5-7-17(16)21-15-9-8-13(18)11-14(15)12(2)19/h4-9,11-12,19H,3,10H2,1-2H3/t12-/m1/s1. The Kier molecular flexibility index (Phi) is 5.17. The minimum atomic E-state index is -0.820. The maximum Gasteiger partial charge on any atom is 0.169 e. The van der Waals surface area contributed by atoms with E-state index in [9.17, 15) is 9.50 Å². The van der Waals surface area contributed by atoms with Gasteiger partial charge in [0.25, 0.3) is 0 Å². The lowest BCUT2D eigenvalue weighted by atomic mass is 10.1. The number of rotatable bonds is 6. The monoisotopic (exact) mass is 290 g/mol. The van der Waals surface area contributed by atoms with Gasteiger partial charge in [0.05, 0.1) is 12.7 Å². The summed E-state index contributed by atoms with van der Waals surface area (Å²) in [4.78, 5) is 0. The second kappa shape index (κ2) is 7.09. The average Bonchev–Trinajstić information content (AvgIpc) is 2.48. The molecule has 1 atom stereocenters. The second-order valence-electron chi connectivity index (χ2n) is 4.76. The van der Waals surface area contributed by atoms with Crippen molar-refractivity contribution in [3.8, 4) is 17.2 Å². The van der Waals surface area contributed by atoms with E-state index in [-0.39, 0.29) is 0 Å². The van der Waals surface area contributed by atoms with E-state index in [4.69, 9.17) is 9.47 Å². The average molecular weight is 290 g/mol. The highest BCUT2D eigenvalue weighted by Crippen LogP contribution is 2.35. The third kappa shape index (κ3) is 3.95. The molecule has 1 N–H and O–H groups in total. The highest BCUT2D eigenvalue weighted by atomic mass is 19.1. The molecule has 0 heterocycles. The summed E-state index contributed by atoms with van der Waals surface area (Å²) >= 11 is 0. The number of aliphatic hydroxyl groups excluding tert-OH is 1. The Morgan fingerprint density at radius 3 is 2.48 bits per heavy atom. The fourth-order valence-electron chi connectivity index (χ4n) is 1.92. The van der Waals surface area contributed by atoms with Crippen molar-refractivity contribution >= 4 is 0 Å². The molecule has 0 fully saturated rings. The minimum absolute atomic E-state index is 0.403. The van der Waals surface area contributed by atoms with Crippen molar-refractivity contribution < 1.29 is 19.0 Å². The van der Waals surface area contributed by atoms with Gasteiger partial charge in [-0.25, -0.2) is 4.39 Å².